The van der Waals surface area contributed by atoms with Crippen molar-refractivity contribution in [2.45, 2.75) is 19.4 Å². The molecule has 1 aromatic heterocycles. The number of hydrogen-bond acceptors (Lipinski definition) is 5. The highest BCUT2D eigenvalue weighted by atomic mass is 32.1. The number of thiazole rings is 1. The van der Waals surface area contributed by atoms with Crippen LogP contribution < -0.4 is 9.80 Å². The molecule has 0 aliphatic carbocycles. The van der Waals surface area contributed by atoms with E-state index in [9.17, 15) is 9.90 Å². The van der Waals surface area contributed by atoms with Crippen LogP contribution in [0.3, 0.4) is 0 Å². The molecule has 1 heterocycles. The number of nitrogens with zero attached hydrogens (tertiary/aromatic N) is 3. The van der Waals surface area contributed by atoms with Gasteiger partial charge in [0.2, 0.25) is 5.91 Å². The summed E-state index contributed by atoms with van der Waals surface area (Å²) in [6.45, 7) is 2.23. The third kappa shape index (κ3) is 3.84. The summed E-state index contributed by atoms with van der Waals surface area (Å²) in [6, 6.07) is 9.62. The van der Waals surface area contributed by atoms with Gasteiger partial charge in [0.25, 0.3) is 0 Å². The smallest absolute Gasteiger partial charge is 0.248 e. The van der Waals surface area contributed by atoms with Gasteiger partial charge in [-0.1, -0.05) is 25.1 Å². The average Bonchev–Trinajstić information content (AvgIpc) is 3.09. The fourth-order valence-electron chi connectivity index (χ4n) is 2.24. The van der Waals surface area contributed by atoms with Crippen LogP contribution in [0.15, 0.2) is 41.9 Å². The second-order valence-electron chi connectivity index (χ2n) is 4.98. The van der Waals surface area contributed by atoms with Gasteiger partial charge in [0, 0.05) is 24.3 Å². The van der Waals surface area contributed by atoms with Crippen molar-refractivity contribution in [3.63, 3.8) is 0 Å². The van der Waals surface area contributed by atoms with Crippen LogP contribution in [-0.4, -0.2) is 42.2 Å². The van der Waals surface area contributed by atoms with Crippen LogP contribution in [0.1, 0.15) is 13.3 Å². The normalized spacial score (nSPS) is 12.0. The van der Waals surface area contributed by atoms with E-state index in [1.54, 1.807) is 18.1 Å². The Morgan fingerprint density at radius 1 is 1.36 bits per heavy atom. The number of carbonyl (C=O) groups excluding carboxylic acids is 1. The molecule has 118 valence electrons. The molecule has 1 atom stereocenters. The minimum atomic E-state index is -0.0870. The Balaban J connectivity index is 2.17. The second-order valence-corrected chi connectivity index (χ2v) is 5.85. The fraction of sp³-hybridized carbons (Fsp3) is 0.375. The average molecular weight is 319 g/mol. The van der Waals surface area contributed by atoms with Crippen LogP contribution in [-0.2, 0) is 4.79 Å². The lowest BCUT2D eigenvalue weighted by molar-refractivity contribution is -0.117. The van der Waals surface area contributed by atoms with Crippen molar-refractivity contribution in [3.05, 3.63) is 41.9 Å². The van der Waals surface area contributed by atoms with Crippen LogP contribution >= 0.6 is 11.3 Å². The van der Waals surface area contributed by atoms with Gasteiger partial charge in [0.05, 0.1) is 19.2 Å². The van der Waals surface area contributed by atoms with Gasteiger partial charge in [0.15, 0.2) is 5.13 Å². The first-order chi connectivity index (χ1) is 10.7. The fourth-order valence-corrected chi connectivity index (χ4v) is 2.86. The summed E-state index contributed by atoms with van der Waals surface area (Å²) >= 11 is 1.43. The van der Waals surface area contributed by atoms with Crippen molar-refractivity contribution in [2.24, 2.45) is 0 Å². The summed E-state index contributed by atoms with van der Waals surface area (Å²) < 4.78 is 0. The van der Waals surface area contributed by atoms with Crippen molar-refractivity contribution >= 4 is 28.1 Å². The molecule has 5 nitrogen and oxygen atoms in total. The molecule has 1 aromatic carbocycles. The van der Waals surface area contributed by atoms with Crippen molar-refractivity contribution in [2.75, 3.05) is 30.0 Å². The quantitative estimate of drug-likeness (QED) is 0.851. The van der Waals surface area contributed by atoms with Gasteiger partial charge < -0.3 is 10.0 Å². The first-order valence-corrected chi connectivity index (χ1v) is 8.14. The molecule has 0 radical (unpaired) electrons. The number of aliphatic hydroxyl groups is 1. The lowest BCUT2D eigenvalue weighted by Gasteiger charge is -2.32. The van der Waals surface area contributed by atoms with Gasteiger partial charge in [-0.2, -0.15) is 0 Å². The van der Waals surface area contributed by atoms with Gasteiger partial charge in [-0.25, -0.2) is 4.98 Å². The standard InChI is InChI=1S/C16H21N3O2S/c1-3-13(12-20)19(14-7-5-4-6-8-14)11-15(21)18(2)16-17-9-10-22-16/h4-10,13,20H,3,11-12H2,1-2H3. The number of para-hydroxylation sites is 1. The highest BCUT2D eigenvalue weighted by molar-refractivity contribution is 7.13. The third-order valence-electron chi connectivity index (χ3n) is 3.60. The molecule has 0 fully saturated rings. The molecule has 0 aliphatic rings. The van der Waals surface area contributed by atoms with E-state index in [0.29, 0.717) is 5.13 Å². The van der Waals surface area contributed by atoms with Crippen LogP contribution in [0.25, 0.3) is 0 Å². The Morgan fingerprint density at radius 3 is 2.64 bits per heavy atom. The first-order valence-electron chi connectivity index (χ1n) is 7.26. The lowest BCUT2D eigenvalue weighted by atomic mass is 10.1. The van der Waals surface area contributed by atoms with E-state index in [2.05, 4.69) is 4.98 Å². The highest BCUT2D eigenvalue weighted by Crippen LogP contribution is 2.20. The molecule has 0 aliphatic heterocycles. The highest BCUT2D eigenvalue weighted by Gasteiger charge is 2.22. The molecule has 1 unspecified atom stereocenters. The Morgan fingerprint density at radius 2 is 2.09 bits per heavy atom. The zero-order valence-corrected chi connectivity index (χ0v) is 13.7. The maximum Gasteiger partial charge on any atom is 0.248 e. The van der Waals surface area contributed by atoms with E-state index in [-0.39, 0.29) is 25.1 Å². The number of likely N-dealkylation sites (N-methyl/N-ethyl adjacent to an activating group) is 1. The van der Waals surface area contributed by atoms with E-state index in [0.717, 1.165) is 12.1 Å². The molecular weight excluding hydrogens is 298 g/mol. The largest absolute Gasteiger partial charge is 0.394 e. The summed E-state index contributed by atoms with van der Waals surface area (Å²) in [7, 11) is 1.73. The summed E-state index contributed by atoms with van der Waals surface area (Å²) in [6.07, 6.45) is 2.45. The SMILES string of the molecule is CCC(CO)N(CC(=O)N(C)c1nccs1)c1ccccc1. The van der Waals surface area contributed by atoms with Crippen molar-refractivity contribution < 1.29 is 9.90 Å². The van der Waals surface area contributed by atoms with Crippen LogP contribution in [0, 0.1) is 0 Å². The van der Waals surface area contributed by atoms with Crippen molar-refractivity contribution in [1.29, 1.82) is 0 Å². The van der Waals surface area contributed by atoms with Crippen molar-refractivity contribution in [1.82, 2.24) is 4.98 Å². The number of carbonyl (C=O) groups is 1. The third-order valence-corrected chi connectivity index (χ3v) is 4.44. The topological polar surface area (TPSA) is 56.7 Å². The Labute approximate surface area is 134 Å². The number of aliphatic hydroxyl groups excluding tert-OH is 1. The summed E-state index contributed by atoms with van der Waals surface area (Å²) in [5.74, 6) is -0.0503. The molecule has 2 rings (SSSR count). The zero-order chi connectivity index (χ0) is 15.9. The maximum absolute atomic E-state index is 12.5. The van der Waals surface area contributed by atoms with E-state index in [1.807, 2.05) is 47.5 Å². The zero-order valence-electron chi connectivity index (χ0n) is 12.8. The number of anilines is 2. The number of rotatable bonds is 7. The molecule has 0 saturated carbocycles. The number of aromatic nitrogens is 1. The minimum absolute atomic E-state index is 0.0135. The Bertz CT molecular complexity index is 570. The molecule has 2 aromatic rings. The Hall–Kier alpha value is -1.92. The number of benzene rings is 1. The predicted octanol–water partition coefficient (Wildman–Crippen LogP) is 2.38. The molecule has 22 heavy (non-hydrogen) atoms. The van der Waals surface area contributed by atoms with Gasteiger partial charge in [-0.05, 0) is 18.6 Å². The molecule has 0 bridgehead atoms. The van der Waals surface area contributed by atoms with Gasteiger partial charge in [-0.15, -0.1) is 11.3 Å². The van der Waals surface area contributed by atoms with E-state index < -0.39 is 0 Å². The van der Waals surface area contributed by atoms with E-state index in [4.69, 9.17) is 0 Å². The molecular formula is C16H21N3O2S. The minimum Gasteiger partial charge on any atom is -0.394 e. The monoisotopic (exact) mass is 319 g/mol. The van der Waals surface area contributed by atoms with Crippen molar-refractivity contribution in [3.8, 4) is 0 Å². The summed E-state index contributed by atoms with van der Waals surface area (Å²) in [5, 5.41) is 12.1. The summed E-state index contributed by atoms with van der Waals surface area (Å²) in [4.78, 5) is 20.2. The van der Waals surface area contributed by atoms with Crippen LogP contribution in [0.4, 0.5) is 10.8 Å². The van der Waals surface area contributed by atoms with Gasteiger partial charge in [0.1, 0.15) is 0 Å². The molecule has 6 heteroatoms. The summed E-state index contributed by atoms with van der Waals surface area (Å²) in [5.41, 5.74) is 0.935. The van der Waals surface area contributed by atoms with Crippen LogP contribution in [0.5, 0.6) is 0 Å². The number of hydrogen-bond donors (Lipinski definition) is 1. The predicted molar refractivity (Wildman–Crippen MR) is 90.5 cm³/mol. The molecule has 0 saturated heterocycles. The maximum atomic E-state index is 12.5. The van der Waals surface area contributed by atoms with E-state index in [1.165, 1.54) is 11.3 Å². The lowest BCUT2D eigenvalue weighted by Crippen LogP contribution is -2.45. The molecule has 1 N–H and O–H groups in total. The van der Waals surface area contributed by atoms with Crippen LogP contribution in [0.2, 0.25) is 0 Å². The van der Waals surface area contributed by atoms with Gasteiger partial charge >= 0.3 is 0 Å². The molecule has 1 amide bonds. The molecule has 0 spiro atoms. The first kappa shape index (κ1) is 16.5. The second kappa shape index (κ2) is 7.91. The van der Waals surface area contributed by atoms with E-state index >= 15 is 0 Å². The number of amides is 1. The van der Waals surface area contributed by atoms with Gasteiger partial charge in [-0.3, -0.25) is 9.69 Å². The Kier molecular flexibility index (Phi) is 5.91.